The summed E-state index contributed by atoms with van der Waals surface area (Å²) in [4.78, 5) is 24.0. The van der Waals surface area contributed by atoms with Crippen molar-refractivity contribution in [1.29, 1.82) is 0 Å². The molecule has 0 saturated heterocycles. The molecule has 0 aliphatic heterocycles. The van der Waals surface area contributed by atoms with Crippen LogP contribution in [0.25, 0.3) is 0 Å². The van der Waals surface area contributed by atoms with Crippen LogP contribution in [0.2, 0.25) is 0 Å². The monoisotopic (exact) mass is 376 g/mol. The lowest BCUT2D eigenvalue weighted by molar-refractivity contribution is -0.156. The minimum absolute atomic E-state index is 0.233. The van der Waals surface area contributed by atoms with Gasteiger partial charge in [0.2, 0.25) is 0 Å². The number of carbonyl (C=O) groups is 2. The molecule has 4 nitrogen and oxygen atoms in total. The van der Waals surface area contributed by atoms with Gasteiger partial charge in [0.25, 0.3) is 0 Å². The summed E-state index contributed by atoms with van der Waals surface area (Å²) in [6, 6.07) is 5.50. The highest BCUT2D eigenvalue weighted by Crippen LogP contribution is 2.27. The minimum atomic E-state index is -1.01. The molecule has 1 aromatic carbocycles. The van der Waals surface area contributed by atoms with Crippen molar-refractivity contribution in [3.8, 4) is 0 Å². The Morgan fingerprint density at radius 3 is 2.16 bits per heavy atom. The highest BCUT2D eigenvalue weighted by atomic mass is 127. The number of hydrogen-bond donors (Lipinski definition) is 0. The molecule has 0 atom stereocenters. The maximum Gasteiger partial charge on any atom is 0.324 e. The van der Waals surface area contributed by atoms with E-state index in [4.69, 9.17) is 9.47 Å². The molecule has 1 aromatic rings. The fraction of sp³-hybridized carbons (Fsp3) is 0.429. The first-order valence-corrected chi connectivity index (χ1v) is 7.19. The van der Waals surface area contributed by atoms with Gasteiger partial charge in [-0.05, 0) is 54.5 Å². The molecule has 0 radical (unpaired) electrons. The number of carbonyl (C=O) groups excluding carboxylic acids is 2. The summed E-state index contributed by atoms with van der Waals surface area (Å²) in [6.07, 6.45) is 0. The van der Waals surface area contributed by atoms with Crippen LogP contribution in [0.15, 0.2) is 18.2 Å². The lowest BCUT2D eigenvalue weighted by Crippen LogP contribution is -2.27. The third-order valence-electron chi connectivity index (χ3n) is 2.58. The molecule has 0 N–H and O–H groups in total. The molecule has 0 unspecified atom stereocenters. The van der Waals surface area contributed by atoms with E-state index in [0.29, 0.717) is 5.56 Å². The van der Waals surface area contributed by atoms with Gasteiger partial charge in [-0.25, -0.2) is 0 Å². The first-order chi connectivity index (χ1) is 9.02. The normalized spacial score (nSPS) is 10.4. The summed E-state index contributed by atoms with van der Waals surface area (Å²) in [6.45, 7) is 5.82. The van der Waals surface area contributed by atoms with Crippen molar-refractivity contribution in [3.63, 3.8) is 0 Å². The van der Waals surface area contributed by atoms with Gasteiger partial charge in [-0.15, -0.1) is 0 Å². The maximum atomic E-state index is 12.0. The molecule has 0 spiro atoms. The second kappa shape index (κ2) is 7.47. The van der Waals surface area contributed by atoms with Crippen LogP contribution in [0.5, 0.6) is 0 Å². The smallest absolute Gasteiger partial charge is 0.324 e. The van der Waals surface area contributed by atoms with Crippen molar-refractivity contribution >= 4 is 34.5 Å². The molecule has 0 saturated carbocycles. The first kappa shape index (κ1) is 15.9. The quantitative estimate of drug-likeness (QED) is 0.451. The van der Waals surface area contributed by atoms with Crippen molar-refractivity contribution in [2.75, 3.05) is 13.2 Å². The standard InChI is InChI=1S/C14H17IO4/c1-4-18-13(16)11(14(17)19-5-2)10-8-6-7-9(3)12(10)15/h6-8,11H,4-5H2,1-3H3. The number of esters is 2. The summed E-state index contributed by atoms with van der Waals surface area (Å²) in [7, 11) is 0. The Morgan fingerprint density at radius 2 is 1.68 bits per heavy atom. The van der Waals surface area contributed by atoms with Crippen molar-refractivity contribution in [3.05, 3.63) is 32.9 Å². The van der Waals surface area contributed by atoms with E-state index in [9.17, 15) is 9.59 Å². The van der Waals surface area contributed by atoms with E-state index >= 15 is 0 Å². The number of halogens is 1. The Morgan fingerprint density at radius 1 is 1.16 bits per heavy atom. The van der Waals surface area contributed by atoms with Gasteiger partial charge in [-0.2, -0.15) is 0 Å². The number of aryl methyl sites for hydroxylation is 1. The molecule has 0 amide bonds. The number of ether oxygens (including phenoxy) is 2. The van der Waals surface area contributed by atoms with Gasteiger partial charge in [0.05, 0.1) is 13.2 Å². The van der Waals surface area contributed by atoms with Crippen LogP contribution in [0.1, 0.15) is 30.9 Å². The Hall–Kier alpha value is -1.11. The summed E-state index contributed by atoms with van der Waals surface area (Å²) >= 11 is 2.13. The summed E-state index contributed by atoms with van der Waals surface area (Å²) < 4.78 is 10.8. The molecule has 19 heavy (non-hydrogen) atoms. The van der Waals surface area contributed by atoms with E-state index in [0.717, 1.165) is 9.13 Å². The van der Waals surface area contributed by atoms with Gasteiger partial charge in [0.15, 0.2) is 5.92 Å². The zero-order chi connectivity index (χ0) is 14.4. The molecule has 1 rings (SSSR count). The van der Waals surface area contributed by atoms with Crippen molar-refractivity contribution in [2.45, 2.75) is 26.7 Å². The first-order valence-electron chi connectivity index (χ1n) is 6.11. The fourth-order valence-electron chi connectivity index (χ4n) is 1.69. The number of hydrogen-bond acceptors (Lipinski definition) is 4. The van der Waals surface area contributed by atoms with E-state index in [2.05, 4.69) is 22.6 Å². The average molecular weight is 376 g/mol. The van der Waals surface area contributed by atoms with Crippen LogP contribution in [0.4, 0.5) is 0 Å². The van der Waals surface area contributed by atoms with Crippen LogP contribution in [-0.2, 0) is 19.1 Å². The Balaban J connectivity index is 3.19. The minimum Gasteiger partial charge on any atom is -0.465 e. The predicted octanol–water partition coefficient (Wildman–Crippen LogP) is 2.81. The van der Waals surface area contributed by atoms with E-state index in [1.807, 2.05) is 19.1 Å². The summed E-state index contributed by atoms with van der Waals surface area (Å²) in [5, 5.41) is 0. The third-order valence-corrected chi connectivity index (χ3v) is 4.05. The van der Waals surface area contributed by atoms with Crippen LogP contribution >= 0.6 is 22.6 Å². The Kier molecular flexibility index (Phi) is 6.27. The highest BCUT2D eigenvalue weighted by Gasteiger charge is 2.33. The summed E-state index contributed by atoms with van der Waals surface area (Å²) in [5.41, 5.74) is 1.65. The average Bonchev–Trinajstić information content (AvgIpc) is 2.35. The van der Waals surface area contributed by atoms with Crippen molar-refractivity contribution < 1.29 is 19.1 Å². The van der Waals surface area contributed by atoms with Gasteiger partial charge in [-0.3, -0.25) is 9.59 Å². The fourth-order valence-corrected chi connectivity index (χ4v) is 2.37. The second-order valence-electron chi connectivity index (χ2n) is 3.92. The molecule has 0 aliphatic rings. The largest absolute Gasteiger partial charge is 0.465 e. The molecular formula is C14H17IO4. The Bertz CT molecular complexity index is 453. The van der Waals surface area contributed by atoms with Crippen molar-refractivity contribution in [2.24, 2.45) is 0 Å². The second-order valence-corrected chi connectivity index (χ2v) is 4.99. The van der Waals surface area contributed by atoms with E-state index in [-0.39, 0.29) is 13.2 Å². The van der Waals surface area contributed by atoms with Crippen LogP contribution in [0, 0.1) is 10.5 Å². The molecule has 0 aliphatic carbocycles. The van der Waals surface area contributed by atoms with Gasteiger partial charge in [0.1, 0.15) is 0 Å². The SMILES string of the molecule is CCOC(=O)C(C(=O)OCC)c1cccc(C)c1I. The van der Waals surface area contributed by atoms with Gasteiger partial charge in [-0.1, -0.05) is 18.2 Å². The molecule has 0 aromatic heterocycles. The van der Waals surface area contributed by atoms with Gasteiger partial charge >= 0.3 is 11.9 Å². The van der Waals surface area contributed by atoms with Crippen LogP contribution < -0.4 is 0 Å². The van der Waals surface area contributed by atoms with Gasteiger partial charge in [0, 0.05) is 3.57 Å². The third kappa shape index (κ3) is 3.92. The molecule has 0 fully saturated rings. The van der Waals surface area contributed by atoms with Crippen molar-refractivity contribution in [1.82, 2.24) is 0 Å². The number of benzene rings is 1. The summed E-state index contributed by atoms with van der Waals surface area (Å²) in [5.74, 6) is -2.14. The predicted molar refractivity (Wildman–Crippen MR) is 79.9 cm³/mol. The van der Waals surface area contributed by atoms with Crippen LogP contribution in [-0.4, -0.2) is 25.2 Å². The lowest BCUT2D eigenvalue weighted by atomic mass is 9.97. The van der Waals surface area contributed by atoms with E-state index in [1.165, 1.54) is 0 Å². The molecular weight excluding hydrogens is 359 g/mol. The molecule has 5 heteroatoms. The zero-order valence-corrected chi connectivity index (χ0v) is 13.4. The molecule has 0 heterocycles. The molecule has 0 bridgehead atoms. The highest BCUT2D eigenvalue weighted by molar-refractivity contribution is 14.1. The topological polar surface area (TPSA) is 52.6 Å². The van der Waals surface area contributed by atoms with Gasteiger partial charge < -0.3 is 9.47 Å². The molecule has 104 valence electrons. The van der Waals surface area contributed by atoms with E-state index in [1.54, 1.807) is 19.9 Å². The van der Waals surface area contributed by atoms with E-state index < -0.39 is 17.9 Å². The van der Waals surface area contributed by atoms with Crippen LogP contribution in [0.3, 0.4) is 0 Å². The maximum absolute atomic E-state index is 12.0. The lowest BCUT2D eigenvalue weighted by Gasteiger charge is -2.17. The number of rotatable bonds is 5. The Labute approximate surface area is 126 Å². The zero-order valence-electron chi connectivity index (χ0n) is 11.2.